The van der Waals surface area contributed by atoms with Gasteiger partial charge >= 0.3 is 0 Å². The molecule has 0 aromatic rings. The number of rotatable bonds is 0. The van der Waals surface area contributed by atoms with Crippen molar-refractivity contribution in [2.45, 2.75) is 53.4 Å². The first-order chi connectivity index (χ1) is 6.01. The van der Waals surface area contributed by atoms with Crippen LogP contribution in [0.5, 0.6) is 0 Å². The van der Waals surface area contributed by atoms with Crippen LogP contribution in [0.15, 0.2) is 0 Å². The third-order valence-corrected chi connectivity index (χ3v) is 4.56. The molecule has 0 N–H and O–H groups in total. The zero-order valence-corrected chi connectivity index (χ0v) is 9.64. The van der Waals surface area contributed by atoms with Crippen LogP contribution in [0.1, 0.15) is 53.4 Å². The molecule has 76 valence electrons. The maximum Gasteiger partial charge on any atom is -0.0329 e. The molecule has 13 heavy (non-hydrogen) atoms. The van der Waals surface area contributed by atoms with Gasteiger partial charge in [0.25, 0.3) is 0 Å². The minimum absolute atomic E-state index is 0.618. The molecule has 0 saturated heterocycles. The lowest BCUT2D eigenvalue weighted by Gasteiger charge is -2.30. The van der Waals surface area contributed by atoms with Gasteiger partial charge in [0, 0.05) is 0 Å². The van der Waals surface area contributed by atoms with E-state index in [1.165, 1.54) is 25.7 Å². The van der Waals surface area contributed by atoms with Gasteiger partial charge in [-0.3, -0.25) is 0 Å². The fraction of sp³-hybridized carbons (Fsp3) is 1.00. The van der Waals surface area contributed by atoms with Crippen molar-refractivity contribution in [2.75, 3.05) is 0 Å². The molecule has 2 rings (SSSR count). The highest BCUT2D eigenvalue weighted by atomic mass is 14.5. The second-order valence-corrected chi connectivity index (χ2v) is 6.34. The average Bonchev–Trinajstić information content (AvgIpc) is 2.57. The summed E-state index contributed by atoms with van der Waals surface area (Å²) in [5.74, 6) is 4.21. The molecule has 0 heterocycles. The maximum atomic E-state index is 2.48. The van der Waals surface area contributed by atoms with Gasteiger partial charge in [0.05, 0.1) is 0 Å². The molecule has 0 nitrogen and oxygen atoms in total. The Bertz CT molecular complexity index is 192. The first-order valence-electron chi connectivity index (χ1n) is 6.01. The average molecular weight is 180 g/mol. The van der Waals surface area contributed by atoms with Crippen LogP contribution in [0.4, 0.5) is 0 Å². The Morgan fingerprint density at radius 1 is 1.15 bits per heavy atom. The van der Waals surface area contributed by atoms with Crippen LogP contribution in [0.2, 0.25) is 0 Å². The fourth-order valence-corrected chi connectivity index (χ4v) is 3.90. The molecule has 0 aromatic carbocycles. The Balaban J connectivity index is 2.03. The first kappa shape index (κ1) is 9.55. The minimum atomic E-state index is 0.618. The second kappa shape index (κ2) is 3.00. The SMILES string of the molecule is CC1CC(C)(C)CCCC2C(C)C12. The van der Waals surface area contributed by atoms with Gasteiger partial charge in [-0.2, -0.15) is 0 Å². The Hall–Kier alpha value is 0. The van der Waals surface area contributed by atoms with Crippen LogP contribution in [0.3, 0.4) is 0 Å². The molecule has 4 atom stereocenters. The molecule has 0 bridgehead atoms. The summed E-state index contributed by atoms with van der Waals surface area (Å²) in [7, 11) is 0. The number of fused-ring (bicyclic) bond motifs is 1. The molecule has 0 amide bonds. The van der Waals surface area contributed by atoms with E-state index in [1.807, 2.05) is 0 Å². The van der Waals surface area contributed by atoms with Gasteiger partial charge in [0.15, 0.2) is 0 Å². The van der Waals surface area contributed by atoms with Crippen molar-refractivity contribution in [3.63, 3.8) is 0 Å². The molecule has 0 aromatic heterocycles. The molecular formula is C13H24. The van der Waals surface area contributed by atoms with Crippen molar-refractivity contribution in [2.24, 2.45) is 29.1 Å². The Labute approximate surface area is 83.1 Å². The van der Waals surface area contributed by atoms with E-state index < -0.39 is 0 Å². The van der Waals surface area contributed by atoms with Crippen LogP contribution in [0, 0.1) is 29.1 Å². The highest BCUT2D eigenvalue weighted by Crippen LogP contribution is 2.57. The smallest absolute Gasteiger partial charge is 0.0329 e. The quantitative estimate of drug-likeness (QED) is 0.526. The standard InChI is InChI=1S/C13H24/c1-9-8-13(3,4)7-5-6-11-10(2)12(9)11/h9-12H,5-8H2,1-4H3. The summed E-state index contributed by atoms with van der Waals surface area (Å²) in [5, 5.41) is 0. The van der Waals surface area contributed by atoms with Gasteiger partial charge in [0.1, 0.15) is 0 Å². The van der Waals surface area contributed by atoms with Crippen LogP contribution >= 0.6 is 0 Å². The van der Waals surface area contributed by atoms with Crippen molar-refractivity contribution in [1.82, 2.24) is 0 Å². The lowest BCUT2D eigenvalue weighted by Crippen LogP contribution is -2.19. The van der Waals surface area contributed by atoms with Crippen LogP contribution in [-0.4, -0.2) is 0 Å². The monoisotopic (exact) mass is 180 g/mol. The molecule has 2 aliphatic carbocycles. The van der Waals surface area contributed by atoms with Gasteiger partial charge in [-0.25, -0.2) is 0 Å². The Kier molecular flexibility index (Phi) is 2.20. The highest BCUT2D eigenvalue weighted by molar-refractivity contribution is 4.99. The molecular weight excluding hydrogens is 156 g/mol. The van der Waals surface area contributed by atoms with Crippen molar-refractivity contribution in [3.8, 4) is 0 Å². The maximum absolute atomic E-state index is 2.48. The zero-order chi connectivity index (χ0) is 9.64. The highest BCUT2D eigenvalue weighted by Gasteiger charge is 2.50. The van der Waals surface area contributed by atoms with E-state index in [9.17, 15) is 0 Å². The van der Waals surface area contributed by atoms with Crippen molar-refractivity contribution in [3.05, 3.63) is 0 Å². The molecule has 0 spiro atoms. The van der Waals surface area contributed by atoms with Gasteiger partial charge < -0.3 is 0 Å². The number of hydrogen-bond donors (Lipinski definition) is 0. The summed E-state index contributed by atoms with van der Waals surface area (Å²) in [6.45, 7) is 9.85. The summed E-state index contributed by atoms with van der Waals surface area (Å²) in [4.78, 5) is 0. The third-order valence-electron chi connectivity index (χ3n) is 4.56. The molecule has 4 unspecified atom stereocenters. The van der Waals surface area contributed by atoms with Crippen molar-refractivity contribution < 1.29 is 0 Å². The molecule has 2 saturated carbocycles. The van der Waals surface area contributed by atoms with Crippen molar-refractivity contribution >= 4 is 0 Å². The summed E-state index contributed by atoms with van der Waals surface area (Å²) >= 11 is 0. The topological polar surface area (TPSA) is 0 Å². The third kappa shape index (κ3) is 1.78. The molecule has 0 aliphatic heterocycles. The van der Waals surface area contributed by atoms with E-state index in [4.69, 9.17) is 0 Å². The molecule has 0 radical (unpaired) electrons. The summed E-state index contributed by atoms with van der Waals surface area (Å²) in [5.41, 5.74) is 0.618. The Morgan fingerprint density at radius 2 is 1.85 bits per heavy atom. The van der Waals surface area contributed by atoms with Gasteiger partial charge in [-0.15, -0.1) is 0 Å². The molecule has 2 fully saturated rings. The van der Waals surface area contributed by atoms with E-state index >= 15 is 0 Å². The predicted molar refractivity (Wildman–Crippen MR) is 57.6 cm³/mol. The normalized spacial score (nSPS) is 48.9. The van der Waals surface area contributed by atoms with Gasteiger partial charge in [-0.05, 0) is 48.3 Å². The largest absolute Gasteiger partial charge is 0.0622 e. The summed E-state index contributed by atoms with van der Waals surface area (Å²) in [6.07, 6.45) is 5.90. The zero-order valence-electron chi connectivity index (χ0n) is 9.64. The van der Waals surface area contributed by atoms with E-state index in [2.05, 4.69) is 27.7 Å². The first-order valence-corrected chi connectivity index (χ1v) is 6.01. The van der Waals surface area contributed by atoms with Gasteiger partial charge in [0.2, 0.25) is 0 Å². The summed E-state index contributed by atoms with van der Waals surface area (Å²) in [6, 6.07) is 0. The number of hydrogen-bond acceptors (Lipinski definition) is 0. The van der Waals surface area contributed by atoms with Crippen LogP contribution < -0.4 is 0 Å². The minimum Gasteiger partial charge on any atom is -0.0622 e. The van der Waals surface area contributed by atoms with E-state index in [-0.39, 0.29) is 0 Å². The van der Waals surface area contributed by atoms with Crippen LogP contribution in [-0.2, 0) is 0 Å². The summed E-state index contributed by atoms with van der Waals surface area (Å²) < 4.78 is 0. The lowest BCUT2D eigenvalue weighted by atomic mass is 9.75. The predicted octanol–water partition coefficient (Wildman–Crippen LogP) is 4.10. The fourth-order valence-electron chi connectivity index (χ4n) is 3.90. The molecule has 2 aliphatic rings. The van der Waals surface area contributed by atoms with E-state index in [0.29, 0.717) is 5.41 Å². The lowest BCUT2D eigenvalue weighted by molar-refractivity contribution is 0.211. The second-order valence-electron chi connectivity index (χ2n) is 6.34. The van der Waals surface area contributed by atoms with Crippen molar-refractivity contribution in [1.29, 1.82) is 0 Å². The Morgan fingerprint density at radius 3 is 2.54 bits per heavy atom. The molecule has 0 heteroatoms. The van der Waals surface area contributed by atoms with E-state index in [1.54, 1.807) is 0 Å². The van der Waals surface area contributed by atoms with E-state index in [0.717, 1.165) is 23.7 Å². The van der Waals surface area contributed by atoms with Crippen LogP contribution in [0.25, 0.3) is 0 Å². The van der Waals surface area contributed by atoms with Gasteiger partial charge in [-0.1, -0.05) is 34.1 Å².